The zero-order chi connectivity index (χ0) is 27.6. The van der Waals surface area contributed by atoms with Crippen LogP contribution < -0.4 is 15.0 Å². The largest absolute Gasteiger partial charge is 0.573 e. The van der Waals surface area contributed by atoms with Crippen LogP contribution in [0.3, 0.4) is 0 Å². The summed E-state index contributed by atoms with van der Waals surface area (Å²) in [6, 6.07) is 14.2. The second kappa shape index (κ2) is 11.1. The molecule has 0 bridgehead atoms. The number of carbonyl (C=O) groups excluding carboxylic acids is 1. The number of hydrogen-bond acceptors (Lipinski definition) is 5. The number of anilines is 1. The van der Waals surface area contributed by atoms with Gasteiger partial charge in [-0.15, -0.1) is 13.2 Å². The highest BCUT2D eigenvalue weighted by molar-refractivity contribution is 6.30. The molecule has 0 aliphatic carbocycles. The van der Waals surface area contributed by atoms with Crippen molar-refractivity contribution in [3.05, 3.63) is 88.5 Å². The van der Waals surface area contributed by atoms with Crippen molar-refractivity contribution >= 4 is 29.0 Å². The molecule has 2 aromatic heterocycles. The number of carbonyl (C=O) groups is 1. The van der Waals surface area contributed by atoms with Crippen molar-refractivity contribution in [2.45, 2.75) is 45.0 Å². The van der Waals surface area contributed by atoms with Gasteiger partial charge in [-0.05, 0) is 60.6 Å². The van der Waals surface area contributed by atoms with E-state index in [4.69, 9.17) is 11.6 Å². The Morgan fingerprint density at radius 2 is 1.79 bits per heavy atom. The number of aromatic nitrogens is 3. The number of ether oxygens (including phenoxy) is 1. The van der Waals surface area contributed by atoms with Gasteiger partial charge in [-0.25, -0.2) is 9.97 Å². The van der Waals surface area contributed by atoms with Gasteiger partial charge in [0.1, 0.15) is 11.4 Å². The van der Waals surface area contributed by atoms with E-state index in [1.807, 2.05) is 19.1 Å². The number of aryl methyl sites for hydroxylation is 1. The molecule has 1 fully saturated rings. The fourth-order valence-corrected chi connectivity index (χ4v) is 5.09. The lowest BCUT2D eigenvalue weighted by atomic mass is 9.89. The first-order valence-corrected chi connectivity index (χ1v) is 13.1. The highest BCUT2D eigenvalue weighted by atomic mass is 35.5. The van der Waals surface area contributed by atoms with Crippen molar-refractivity contribution in [1.82, 2.24) is 19.7 Å². The maximum atomic E-state index is 13.0. The van der Waals surface area contributed by atoms with E-state index >= 15 is 0 Å². The first-order valence-electron chi connectivity index (χ1n) is 12.7. The summed E-state index contributed by atoms with van der Waals surface area (Å²) in [7, 11) is 0. The molecule has 3 heterocycles. The standard InChI is InChI=1S/C28H27ClF3N5O2/c1-2-24-25(37-17-21(29)16-34-27(37)35-24)26(38)33-15-18-3-5-19(6-4-18)20-11-13-36(14-12-20)22-7-9-23(10-8-22)39-28(30,31)32/h3-10,16-17,20H,2,11-15H2,1H3,(H,33,38). The maximum absolute atomic E-state index is 13.0. The predicted molar refractivity (Wildman–Crippen MR) is 142 cm³/mol. The molecule has 0 unspecified atom stereocenters. The minimum atomic E-state index is -4.69. The molecule has 1 N–H and O–H groups in total. The zero-order valence-corrected chi connectivity index (χ0v) is 22.0. The molecule has 2 aromatic carbocycles. The van der Waals surface area contributed by atoms with E-state index in [2.05, 4.69) is 37.1 Å². The fraction of sp³-hybridized carbons (Fsp3) is 0.321. The monoisotopic (exact) mass is 557 g/mol. The Morgan fingerprint density at radius 3 is 2.44 bits per heavy atom. The molecule has 7 nitrogen and oxygen atoms in total. The van der Waals surface area contributed by atoms with E-state index in [9.17, 15) is 18.0 Å². The molecule has 1 saturated heterocycles. The van der Waals surface area contributed by atoms with Gasteiger partial charge in [-0.2, -0.15) is 0 Å². The Morgan fingerprint density at radius 1 is 1.10 bits per heavy atom. The van der Waals surface area contributed by atoms with Crippen molar-refractivity contribution < 1.29 is 22.7 Å². The fourth-order valence-electron chi connectivity index (χ4n) is 4.95. The number of amides is 1. The quantitative estimate of drug-likeness (QED) is 0.295. The van der Waals surface area contributed by atoms with Crippen molar-refractivity contribution in [3.63, 3.8) is 0 Å². The van der Waals surface area contributed by atoms with E-state index in [-0.39, 0.29) is 11.7 Å². The van der Waals surface area contributed by atoms with Gasteiger partial charge < -0.3 is 15.0 Å². The molecular weight excluding hydrogens is 531 g/mol. The molecule has 0 spiro atoms. The highest BCUT2D eigenvalue weighted by Gasteiger charge is 2.31. The second-order valence-corrected chi connectivity index (χ2v) is 9.87. The average molecular weight is 558 g/mol. The molecule has 1 amide bonds. The second-order valence-electron chi connectivity index (χ2n) is 9.43. The Labute approximate surface area is 228 Å². The van der Waals surface area contributed by atoms with E-state index in [1.54, 1.807) is 22.7 Å². The lowest BCUT2D eigenvalue weighted by Crippen LogP contribution is -2.32. The smallest absolute Gasteiger partial charge is 0.406 e. The van der Waals surface area contributed by atoms with Gasteiger partial charge in [0.05, 0.1) is 16.9 Å². The topological polar surface area (TPSA) is 71.8 Å². The van der Waals surface area contributed by atoms with Crippen molar-refractivity contribution in [2.75, 3.05) is 18.0 Å². The van der Waals surface area contributed by atoms with Gasteiger partial charge in [0, 0.05) is 31.5 Å². The van der Waals surface area contributed by atoms with Crippen molar-refractivity contribution in [2.24, 2.45) is 0 Å². The lowest BCUT2D eigenvalue weighted by Gasteiger charge is -2.34. The Hall–Kier alpha value is -3.79. The molecule has 1 aliphatic heterocycles. The Bertz CT molecular complexity index is 1450. The number of piperidine rings is 1. The van der Waals surface area contributed by atoms with Gasteiger partial charge in [0.2, 0.25) is 5.78 Å². The summed E-state index contributed by atoms with van der Waals surface area (Å²) >= 11 is 6.08. The third kappa shape index (κ3) is 6.27. The van der Waals surface area contributed by atoms with E-state index in [1.165, 1.54) is 23.9 Å². The number of nitrogens with zero attached hydrogens (tertiary/aromatic N) is 4. The summed E-state index contributed by atoms with van der Waals surface area (Å²) in [6.07, 6.45) is 0.909. The van der Waals surface area contributed by atoms with Crippen LogP contribution in [0.4, 0.5) is 18.9 Å². The van der Waals surface area contributed by atoms with Gasteiger partial charge >= 0.3 is 6.36 Å². The number of alkyl halides is 3. The number of fused-ring (bicyclic) bond motifs is 1. The molecule has 5 rings (SSSR count). The Kier molecular flexibility index (Phi) is 7.65. The molecule has 0 radical (unpaired) electrons. The summed E-state index contributed by atoms with van der Waals surface area (Å²) in [6.45, 7) is 3.92. The van der Waals surface area contributed by atoms with Gasteiger partial charge in [0.25, 0.3) is 5.91 Å². The van der Waals surface area contributed by atoms with Crippen LogP contribution in [0.2, 0.25) is 5.02 Å². The summed E-state index contributed by atoms with van der Waals surface area (Å²) < 4.78 is 42.8. The molecule has 204 valence electrons. The SMILES string of the molecule is CCc1nc2ncc(Cl)cn2c1C(=O)NCc1ccc(C2CCN(c3ccc(OC(F)(F)F)cc3)CC2)cc1. The van der Waals surface area contributed by atoms with Crippen LogP contribution >= 0.6 is 11.6 Å². The summed E-state index contributed by atoms with van der Waals surface area (Å²) in [4.78, 5) is 23.8. The van der Waals surface area contributed by atoms with E-state index < -0.39 is 6.36 Å². The maximum Gasteiger partial charge on any atom is 0.573 e. The molecule has 11 heteroatoms. The number of hydrogen-bond donors (Lipinski definition) is 1. The first-order chi connectivity index (χ1) is 18.7. The van der Waals surface area contributed by atoms with Crippen LogP contribution in [0, 0.1) is 0 Å². The third-order valence-corrected chi connectivity index (χ3v) is 7.10. The minimum absolute atomic E-state index is 0.219. The van der Waals surface area contributed by atoms with Crippen molar-refractivity contribution in [3.8, 4) is 5.75 Å². The summed E-state index contributed by atoms with van der Waals surface area (Å²) in [5, 5.41) is 3.40. The lowest BCUT2D eigenvalue weighted by molar-refractivity contribution is -0.274. The molecule has 4 aromatic rings. The normalized spacial score (nSPS) is 14.5. The van der Waals surface area contributed by atoms with E-state index in [0.29, 0.717) is 41.1 Å². The molecule has 39 heavy (non-hydrogen) atoms. The summed E-state index contributed by atoms with van der Waals surface area (Å²) in [5.41, 5.74) is 4.19. The predicted octanol–water partition coefficient (Wildman–Crippen LogP) is 6.16. The molecular formula is C28H27ClF3N5O2. The van der Waals surface area contributed by atoms with E-state index in [0.717, 1.165) is 37.2 Å². The van der Waals surface area contributed by atoms with Crippen LogP contribution in [0.5, 0.6) is 5.75 Å². The van der Waals surface area contributed by atoms with Crippen LogP contribution in [0.25, 0.3) is 5.78 Å². The van der Waals surface area contributed by atoms with Gasteiger partial charge in [0.15, 0.2) is 0 Å². The number of benzene rings is 2. The van der Waals surface area contributed by atoms with Crippen LogP contribution in [-0.2, 0) is 13.0 Å². The molecule has 0 saturated carbocycles. The minimum Gasteiger partial charge on any atom is -0.406 e. The highest BCUT2D eigenvalue weighted by Crippen LogP contribution is 2.32. The van der Waals surface area contributed by atoms with Crippen molar-refractivity contribution in [1.29, 1.82) is 0 Å². The van der Waals surface area contributed by atoms with Crippen LogP contribution in [0.1, 0.15) is 53.0 Å². The number of nitrogens with one attached hydrogen (secondary N) is 1. The summed E-state index contributed by atoms with van der Waals surface area (Å²) in [5.74, 6) is 0.366. The number of imidazole rings is 1. The molecule has 0 atom stereocenters. The van der Waals surface area contributed by atoms with Crippen LogP contribution in [-0.4, -0.2) is 39.7 Å². The molecule has 1 aliphatic rings. The van der Waals surface area contributed by atoms with Crippen LogP contribution in [0.15, 0.2) is 60.9 Å². The Balaban J connectivity index is 1.16. The third-order valence-electron chi connectivity index (χ3n) is 6.91. The number of rotatable bonds is 7. The van der Waals surface area contributed by atoms with Gasteiger partial charge in [-0.3, -0.25) is 9.20 Å². The number of halogens is 4. The van der Waals surface area contributed by atoms with Gasteiger partial charge in [-0.1, -0.05) is 42.8 Å². The zero-order valence-electron chi connectivity index (χ0n) is 21.2. The average Bonchev–Trinajstić information content (AvgIpc) is 3.29. The first kappa shape index (κ1) is 26.8.